The molecular weight excluding hydrogens is 416 g/mol. The molecule has 0 atom stereocenters. The second kappa shape index (κ2) is 11.0. The summed E-state index contributed by atoms with van der Waals surface area (Å²) in [5.74, 6) is 1.34. The number of carbonyl (C=O) groups is 1. The first-order chi connectivity index (χ1) is 15.1. The van der Waals surface area contributed by atoms with Crippen molar-refractivity contribution in [1.29, 1.82) is 0 Å². The number of halogens is 1. The molecule has 0 saturated heterocycles. The van der Waals surface area contributed by atoms with Crippen molar-refractivity contribution in [3.05, 3.63) is 88.4 Å². The highest BCUT2D eigenvalue weighted by Gasteiger charge is 2.10. The molecule has 0 heterocycles. The predicted octanol–water partition coefficient (Wildman–Crippen LogP) is 5.09. The number of hydrogen-bond donors (Lipinski definition) is 1. The van der Waals surface area contributed by atoms with Gasteiger partial charge in [-0.05, 0) is 55.0 Å². The zero-order valence-corrected chi connectivity index (χ0v) is 18.1. The number of hydrazone groups is 1. The van der Waals surface area contributed by atoms with Gasteiger partial charge in [0.25, 0.3) is 5.91 Å². The summed E-state index contributed by atoms with van der Waals surface area (Å²) >= 11 is 6.02. The minimum Gasteiger partial charge on any atom is -0.493 e. The van der Waals surface area contributed by atoms with Crippen molar-refractivity contribution in [2.75, 3.05) is 13.7 Å². The van der Waals surface area contributed by atoms with E-state index in [-0.39, 0.29) is 5.91 Å². The lowest BCUT2D eigenvalue weighted by molar-refractivity contribution is 0.0954. The summed E-state index contributed by atoms with van der Waals surface area (Å²) < 4.78 is 16.6. The molecule has 3 aromatic carbocycles. The Balaban J connectivity index is 1.65. The number of para-hydroxylation sites is 1. The van der Waals surface area contributed by atoms with E-state index in [1.165, 1.54) is 13.3 Å². The highest BCUT2D eigenvalue weighted by molar-refractivity contribution is 6.30. The van der Waals surface area contributed by atoms with Gasteiger partial charge in [-0.2, -0.15) is 5.10 Å². The van der Waals surface area contributed by atoms with Gasteiger partial charge in [0, 0.05) is 16.1 Å². The van der Waals surface area contributed by atoms with E-state index in [2.05, 4.69) is 10.5 Å². The van der Waals surface area contributed by atoms with Gasteiger partial charge in [0.2, 0.25) is 0 Å². The fourth-order valence-electron chi connectivity index (χ4n) is 2.82. The third kappa shape index (κ3) is 6.23. The molecule has 0 aliphatic rings. The molecule has 0 spiro atoms. The van der Waals surface area contributed by atoms with E-state index in [0.29, 0.717) is 41.0 Å². The van der Waals surface area contributed by atoms with Crippen molar-refractivity contribution in [3.63, 3.8) is 0 Å². The number of rotatable bonds is 9. The van der Waals surface area contributed by atoms with Gasteiger partial charge in [-0.3, -0.25) is 4.79 Å². The molecule has 31 heavy (non-hydrogen) atoms. The molecule has 0 aliphatic heterocycles. The van der Waals surface area contributed by atoms with Gasteiger partial charge in [0.1, 0.15) is 12.4 Å². The minimum absolute atomic E-state index is 0.365. The van der Waals surface area contributed by atoms with Crippen molar-refractivity contribution in [3.8, 4) is 17.2 Å². The highest BCUT2D eigenvalue weighted by Crippen LogP contribution is 2.28. The SMILES string of the molecule is CCOc1ccc(C(=O)N/N=C/c2ccccc2OCc2cccc(Cl)c2)cc1OC. The average Bonchev–Trinajstić information content (AvgIpc) is 2.79. The van der Waals surface area contributed by atoms with Crippen LogP contribution in [0.5, 0.6) is 17.2 Å². The Morgan fingerprint density at radius 3 is 2.61 bits per heavy atom. The molecule has 3 aromatic rings. The van der Waals surface area contributed by atoms with E-state index >= 15 is 0 Å². The maximum absolute atomic E-state index is 12.4. The lowest BCUT2D eigenvalue weighted by Crippen LogP contribution is -2.17. The number of hydrogen-bond acceptors (Lipinski definition) is 5. The summed E-state index contributed by atoms with van der Waals surface area (Å²) in [5, 5.41) is 4.72. The van der Waals surface area contributed by atoms with Crippen LogP contribution in [0.1, 0.15) is 28.4 Å². The molecule has 1 N–H and O–H groups in total. The van der Waals surface area contributed by atoms with Crippen LogP contribution in [-0.2, 0) is 6.61 Å². The zero-order valence-electron chi connectivity index (χ0n) is 17.3. The lowest BCUT2D eigenvalue weighted by Gasteiger charge is -2.10. The Morgan fingerprint density at radius 1 is 1.00 bits per heavy atom. The van der Waals surface area contributed by atoms with Crippen LogP contribution in [-0.4, -0.2) is 25.8 Å². The molecule has 0 radical (unpaired) electrons. The summed E-state index contributed by atoms with van der Waals surface area (Å²) in [6.45, 7) is 2.75. The van der Waals surface area contributed by atoms with E-state index < -0.39 is 0 Å². The topological polar surface area (TPSA) is 69.2 Å². The largest absolute Gasteiger partial charge is 0.493 e. The molecule has 0 aliphatic carbocycles. The van der Waals surface area contributed by atoms with Gasteiger partial charge in [0.05, 0.1) is 19.9 Å². The number of ether oxygens (including phenoxy) is 3. The molecule has 3 rings (SSSR count). The number of nitrogens with zero attached hydrogens (tertiary/aromatic N) is 1. The summed E-state index contributed by atoms with van der Waals surface area (Å²) in [5.41, 5.74) is 4.61. The Morgan fingerprint density at radius 2 is 1.84 bits per heavy atom. The lowest BCUT2D eigenvalue weighted by atomic mass is 10.2. The molecule has 7 heteroatoms. The van der Waals surface area contributed by atoms with Crippen LogP contribution < -0.4 is 19.6 Å². The smallest absolute Gasteiger partial charge is 0.271 e. The van der Waals surface area contributed by atoms with Gasteiger partial charge in [-0.25, -0.2) is 5.43 Å². The van der Waals surface area contributed by atoms with Crippen molar-refractivity contribution in [2.45, 2.75) is 13.5 Å². The first-order valence-corrected chi connectivity index (χ1v) is 10.1. The summed E-state index contributed by atoms with van der Waals surface area (Å²) in [6, 6.07) is 19.9. The number of methoxy groups -OCH3 is 1. The standard InChI is InChI=1S/C24H23ClN2O4/c1-3-30-22-12-11-18(14-23(22)29-2)24(28)27-26-15-19-8-4-5-10-21(19)31-16-17-7-6-9-20(25)13-17/h4-15H,3,16H2,1-2H3,(H,27,28)/b26-15+. The first kappa shape index (κ1) is 22.2. The molecular formula is C24H23ClN2O4. The normalized spacial score (nSPS) is 10.7. The van der Waals surface area contributed by atoms with Crippen LogP contribution in [0.2, 0.25) is 5.02 Å². The Bertz CT molecular complexity index is 1070. The van der Waals surface area contributed by atoms with Crippen molar-refractivity contribution >= 4 is 23.7 Å². The van der Waals surface area contributed by atoms with E-state index in [1.54, 1.807) is 18.2 Å². The van der Waals surface area contributed by atoms with Crippen LogP contribution in [0, 0.1) is 0 Å². The van der Waals surface area contributed by atoms with Gasteiger partial charge >= 0.3 is 0 Å². The van der Waals surface area contributed by atoms with E-state index in [1.807, 2.05) is 55.5 Å². The maximum atomic E-state index is 12.4. The molecule has 6 nitrogen and oxygen atoms in total. The summed E-state index contributed by atoms with van der Waals surface area (Å²) in [6.07, 6.45) is 1.54. The van der Waals surface area contributed by atoms with Crippen LogP contribution in [0.3, 0.4) is 0 Å². The van der Waals surface area contributed by atoms with E-state index in [0.717, 1.165) is 11.1 Å². The van der Waals surface area contributed by atoms with Crippen LogP contribution in [0.25, 0.3) is 0 Å². The monoisotopic (exact) mass is 438 g/mol. The predicted molar refractivity (Wildman–Crippen MR) is 121 cm³/mol. The highest BCUT2D eigenvalue weighted by atomic mass is 35.5. The third-order valence-corrected chi connectivity index (χ3v) is 4.53. The van der Waals surface area contributed by atoms with Crippen LogP contribution >= 0.6 is 11.6 Å². The molecule has 160 valence electrons. The van der Waals surface area contributed by atoms with Crippen molar-refractivity contribution < 1.29 is 19.0 Å². The first-order valence-electron chi connectivity index (χ1n) is 9.71. The van der Waals surface area contributed by atoms with Gasteiger partial charge in [-0.1, -0.05) is 35.9 Å². The second-order valence-corrected chi connectivity index (χ2v) is 6.89. The van der Waals surface area contributed by atoms with E-state index in [4.69, 9.17) is 25.8 Å². The molecule has 0 aromatic heterocycles. The third-order valence-electron chi connectivity index (χ3n) is 4.30. The van der Waals surface area contributed by atoms with Crippen LogP contribution in [0.15, 0.2) is 71.8 Å². The Kier molecular flexibility index (Phi) is 7.90. The molecule has 1 amide bonds. The fraction of sp³-hybridized carbons (Fsp3) is 0.167. The number of nitrogens with one attached hydrogen (secondary N) is 1. The van der Waals surface area contributed by atoms with Crippen molar-refractivity contribution in [1.82, 2.24) is 5.43 Å². The Hall–Kier alpha value is -3.51. The Labute approximate surface area is 186 Å². The fourth-order valence-corrected chi connectivity index (χ4v) is 3.03. The summed E-state index contributed by atoms with van der Waals surface area (Å²) in [7, 11) is 1.53. The van der Waals surface area contributed by atoms with E-state index in [9.17, 15) is 4.79 Å². The number of amides is 1. The quantitative estimate of drug-likeness (QED) is 0.373. The average molecular weight is 439 g/mol. The summed E-state index contributed by atoms with van der Waals surface area (Å²) in [4.78, 5) is 12.4. The van der Waals surface area contributed by atoms with Crippen LogP contribution in [0.4, 0.5) is 0 Å². The molecule has 0 bridgehead atoms. The number of benzene rings is 3. The van der Waals surface area contributed by atoms with Gasteiger partial charge in [-0.15, -0.1) is 0 Å². The molecule has 0 fully saturated rings. The number of carbonyl (C=O) groups excluding carboxylic acids is 1. The minimum atomic E-state index is -0.366. The van der Waals surface area contributed by atoms with Gasteiger partial charge < -0.3 is 14.2 Å². The molecule has 0 saturated carbocycles. The zero-order chi connectivity index (χ0) is 22.1. The maximum Gasteiger partial charge on any atom is 0.271 e. The second-order valence-electron chi connectivity index (χ2n) is 6.45. The van der Waals surface area contributed by atoms with Crippen molar-refractivity contribution in [2.24, 2.45) is 5.10 Å². The molecule has 0 unspecified atom stereocenters. The van der Waals surface area contributed by atoms with Gasteiger partial charge in [0.15, 0.2) is 11.5 Å².